The van der Waals surface area contributed by atoms with Gasteiger partial charge in [0, 0.05) is 44.2 Å². The Balaban J connectivity index is 1.46. The molecule has 0 radical (unpaired) electrons. The van der Waals surface area contributed by atoms with Crippen molar-refractivity contribution in [1.82, 2.24) is 19.4 Å². The number of carbonyl (C=O) groups excluding carboxylic acids is 1. The Morgan fingerprint density at radius 2 is 1.88 bits per heavy atom. The van der Waals surface area contributed by atoms with Crippen LogP contribution >= 0.6 is 11.6 Å². The molecule has 1 aromatic carbocycles. The fourth-order valence-electron chi connectivity index (χ4n) is 3.72. The zero-order chi connectivity index (χ0) is 23.5. The number of amides is 1. The molecule has 12 heteroatoms. The highest BCUT2D eigenvalue weighted by Crippen LogP contribution is 2.25. The molecule has 0 unspecified atom stereocenters. The standard InChI is InChI=1S/C20H26ClN5O5S/c1-14-19(21)15(2)25(23-14)11-3-10-22-20(27)16-8-12-24(13-9-16)32(30,31)18-6-4-17(5-7-18)26(28)29/h4-7,16H,3,8-13H2,1-2H3,(H,22,27). The van der Waals surface area contributed by atoms with Gasteiger partial charge >= 0.3 is 0 Å². The van der Waals surface area contributed by atoms with Crippen LogP contribution in [0.2, 0.25) is 5.02 Å². The second-order valence-corrected chi connectivity index (χ2v) is 10.1. The lowest BCUT2D eigenvalue weighted by molar-refractivity contribution is -0.384. The van der Waals surface area contributed by atoms with Gasteiger partial charge in [0.1, 0.15) is 0 Å². The molecule has 1 amide bonds. The topological polar surface area (TPSA) is 127 Å². The van der Waals surface area contributed by atoms with Crippen LogP contribution in [-0.2, 0) is 21.4 Å². The van der Waals surface area contributed by atoms with Crippen LogP contribution in [0.5, 0.6) is 0 Å². The molecule has 0 saturated carbocycles. The van der Waals surface area contributed by atoms with Gasteiger partial charge in [0.05, 0.1) is 26.2 Å². The van der Waals surface area contributed by atoms with E-state index < -0.39 is 14.9 Å². The van der Waals surface area contributed by atoms with E-state index in [2.05, 4.69) is 10.4 Å². The minimum Gasteiger partial charge on any atom is -0.356 e. The maximum atomic E-state index is 12.8. The van der Waals surface area contributed by atoms with Gasteiger partial charge in [-0.1, -0.05) is 11.6 Å². The van der Waals surface area contributed by atoms with Crippen molar-refractivity contribution in [3.63, 3.8) is 0 Å². The summed E-state index contributed by atoms with van der Waals surface area (Å²) in [7, 11) is -3.75. The molecule has 2 aromatic rings. The van der Waals surface area contributed by atoms with E-state index in [4.69, 9.17) is 11.6 Å². The van der Waals surface area contributed by atoms with E-state index in [-0.39, 0.29) is 35.5 Å². The highest BCUT2D eigenvalue weighted by atomic mass is 35.5. The summed E-state index contributed by atoms with van der Waals surface area (Å²) >= 11 is 6.14. The van der Waals surface area contributed by atoms with E-state index in [9.17, 15) is 23.3 Å². The van der Waals surface area contributed by atoms with Crippen LogP contribution in [0, 0.1) is 29.9 Å². The number of aryl methyl sites for hydroxylation is 2. The Bertz CT molecular complexity index is 1090. The van der Waals surface area contributed by atoms with Crippen LogP contribution in [0.15, 0.2) is 29.2 Å². The molecule has 1 fully saturated rings. The third kappa shape index (κ3) is 5.28. The first-order valence-corrected chi connectivity index (χ1v) is 12.1. The molecule has 0 aliphatic carbocycles. The smallest absolute Gasteiger partial charge is 0.269 e. The normalized spacial score (nSPS) is 15.6. The Morgan fingerprint density at radius 3 is 2.41 bits per heavy atom. The summed E-state index contributed by atoms with van der Waals surface area (Å²) in [6.07, 6.45) is 1.55. The first kappa shape index (κ1) is 24.1. The van der Waals surface area contributed by atoms with Gasteiger partial charge in [0.15, 0.2) is 0 Å². The van der Waals surface area contributed by atoms with E-state index in [1.54, 1.807) is 0 Å². The number of hydrogen-bond donors (Lipinski definition) is 1. The van der Waals surface area contributed by atoms with Crippen molar-refractivity contribution in [1.29, 1.82) is 0 Å². The quantitative estimate of drug-likeness (QED) is 0.349. The van der Waals surface area contributed by atoms with Crippen molar-refractivity contribution in [3.8, 4) is 0 Å². The second kappa shape index (κ2) is 9.97. The average molecular weight is 484 g/mol. The van der Waals surface area contributed by atoms with E-state index >= 15 is 0 Å². The van der Waals surface area contributed by atoms with Crippen LogP contribution in [0.3, 0.4) is 0 Å². The summed E-state index contributed by atoms with van der Waals surface area (Å²) in [5.74, 6) is -0.328. The second-order valence-electron chi connectivity index (χ2n) is 7.78. The number of aromatic nitrogens is 2. The molecule has 2 heterocycles. The summed E-state index contributed by atoms with van der Waals surface area (Å²) in [6.45, 7) is 5.34. The number of piperidine rings is 1. The van der Waals surface area contributed by atoms with Gasteiger partial charge < -0.3 is 5.32 Å². The monoisotopic (exact) mass is 483 g/mol. The maximum Gasteiger partial charge on any atom is 0.269 e. The van der Waals surface area contributed by atoms with Gasteiger partial charge in [-0.2, -0.15) is 9.40 Å². The van der Waals surface area contributed by atoms with Crippen LogP contribution in [0.1, 0.15) is 30.7 Å². The predicted molar refractivity (Wildman–Crippen MR) is 119 cm³/mol. The van der Waals surface area contributed by atoms with E-state index in [1.165, 1.54) is 28.6 Å². The Morgan fingerprint density at radius 1 is 1.25 bits per heavy atom. The average Bonchev–Trinajstić information content (AvgIpc) is 3.03. The summed E-state index contributed by atoms with van der Waals surface area (Å²) < 4.78 is 28.7. The van der Waals surface area contributed by atoms with Crippen molar-refractivity contribution in [2.45, 2.75) is 44.6 Å². The number of rotatable bonds is 8. The Kier molecular flexibility index (Phi) is 7.52. The molecule has 10 nitrogen and oxygen atoms in total. The number of carbonyl (C=O) groups is 1. The van der Waals surface area contributed by atoms with Crippen molar-refractivity contribution in [2.75, 3.05) is 19.6 Å². The van der Waals surface area contributed by atoms with Crippen molar-refractivity contribution < 1.29 is 18.1 Å². The van der Waals surface area contributed by atoms with E-state index in [0.29, 0.717) is 37.4 Å². The first-order chi connectivity index (χ1) is 15.1. The van der Waals surface area contributed by atoms with Gasteiger partial charge in [0.2, 0.25) is 15.9 Å². The molecule has 1 saturated heterocycles. The molecular weight excluding hydrogens is 458 g/mol. The summed E-state index contributed by atoms with van der Waals surface area (Å²) in [4.78, 5) is 22.7. The molecule has 174 valence electrons. The number of halogens is 1. The summed E-state index contributed by atoms with van der Waals surface area (Å²) in [5, 5.41) is 18.7. The van der Waals surface area contributed by atoms with Gasteiger partial charge in [-0.3, -0.25) is 19.6 Å². The van der Waals surface area contributed by atoms with Crippen LogP contribution < -0.4 is 5.32 Å². The Labute approximate surface area is 191 Å². The third-order valence-electron chi connectivity index (χ3n) is 5.65. The highest BCUT2D eigenvalue weighted by molar-refractivity contribution is 7.89. The lowest BCUT2D eigenvalue weighted by atomic mass is 9.97. The number of hydrogen-bond acceptors (Lipinski definition) is 6. The molecule has 1 aliphatic heterocycles. The molecule has 0 spiro atoms. The van der Waals surface area contributed by atoms with Gasteiger partial charge in [-0.25, -0.2) is 8.42 Å². The SMILES string of the molecule is Cc1nn(CCCNC(=O)C2CCN(S(=O)(=O)c3ccc([N+](=O)[O-])cc3)CC2)c(C)c1Cl. The molecular formula is C20H26ClN5O5S. The largest absolute Gasteiger partial charge is 0.356 e. The van der Waals surface area contributed by atoms with Crippen LogP contribution in [-0.4, -0.2) is 53.0 Å². The van der Waals surface area contributed by atoms with Crippen molar-refractivity contribution in [2.24, 2.45) is 5.92 Å². The van der Waals surface area contributed by atoms with Crippen molar-refractivity contribution >= 4 is 33.2 Å². The Hall–Kier alpha value is -2.50. The minimum absolute atomic E-state index is 0.00950. The van der Waals surface area contributed by atoms with Crippen LogP contribution in [0.25, 0.3) is 0 Å². The molecule has 1 N–H and O–H groups in total. The van der Waals surface area contributed by atoms with Gasteiger partial charge in [-0.15, -0.1) is 0 Å². The molecule has 0 atom stereocenters. The summed E-state index contributed by atoms with van der Waals surface area (Å²) in [5.41, 5.74) is 1.51. The summed E-state index contributed by atoms with van der Waals surface area (Å²) in [6, 6.07) is 4.82. The zero-order valence-electron chi connectivity index (χ0n) is 18.0. The fourth-order valence-corrected chi connectivity index (χ4v) is 5.33. The molecule has 0 bridgehead atoms. The lowest BCUT2D eigenvalue weighted by Crippen LogP contribution is -2.43. The number of nitro groups is 1. The molecule has 1 aromatic heterocycles. The van der Waals surface area contributed by atoms with Crippen LogP contribution in [0.4, 0.5) is 5.69 Å². The number of non-ortho nitro benzene ring substituents is 1. The molecule has 1 aliphatic rings. The van der Waals surface area contributed by atoms with Gasteiger partial charge in [-0.05, 0) is 45.2 Å². The number of nitro benzene ring substituents is 1. The minimum atomic E-state index is -3.75. The predicted octanol–water partition coefficient (Wildman–Crippen LogP) is 2.67. The lowest BCUT2D eigenvalue weighted by Gasteiger charge is -2.30. The highest BCUT2D eigenvalue weighted by Gasteiger charge is 2.32. The number of benzene rings is 1. The van der Waals surface area contributed by atoms with Gasteiger partial charge in [0.25, 0.3) is 5.69 Å². The van der Waals surface area contributed by atoms with E-state index in [0.717, 1.165) is 11.4 Å². The van der Waals surface area contributed by atoms with E-state index in [1.807, 2.05) is 18.5 Å². The van der Waals surface area contributed by atoms with Crippen molar-refractivity contribution in [3.05, 3.63) is 50.8 Å². The fraction of sp³-hybridized carbons (Fsp3) is 0.500. The third-order valence-corrected chi connectivity index (χ3v) is 8.11. The first-order valence-electron chi connectivity index (χ1n) is 10.3. The number of nitrogens with zero attached hydrogens (tertiary/aromatic N) is 4. The maximum absolute atomic E-state index is 12.8. The number of sulfonamides is 1. The number of nitrogens with one attached hydrogen (secondary N) is 1. The zero-order valence-corrected chi connectivity index (χ0v) is 19.5. The molecule has 32 heavy (non-hydrogen) atoms. The molecule has 3 rings (SSSR count).